The van der Waals surface area contributed by atoms with Crippen molar-refractivity contribution < 1.29 is 18.8 Å². The Morgan fingerprint density at radius 2 is 2.08 bits per heavy atom. The number of aliphatic hydroxyl groups excluding tert-OH is 1. The molecule has 0 spiro atoms. The zero-order chi connectivity index (χ0) is 24.8. The SMILES string of the molecule is Cc1ccc(-c2noc([C@H]3C[C@@H]3F)n2)cc1NC(=O)c1cnn2cc(-c3cnnn3CCO)ccc12. The van der Waals surface area contributed by atoms with Crippen molar-refractivity contribution in [1.82, 2.24) is 34.7 Å². The molecule has 0 aliphatic heterocycles. The van der Waals surface area contributed by atoms with Gasteiger partial charge in [-0.1, -0.05) is 22.5 Å². The fraction of sp³-hybridized carbons (Fsp3) is 0.250. The summed E-state index contributed by atoms with van der Waals surface area (Å²) in [6.07, 6.45) is 4.37. The number of carbonyl (C=O) groups excluding carboxylic acids is 1. The first kappa shape index (κ1) is 22.0. The first-order valence-electron chi connectivity index (χ1n) is 11.4. The number of benzene rings is 1. The van der Waals surface area contributed by atoms with Gasteiger partial charge in [-0.3, -0.25) is 4.79 Å². The Morgan fingerprint density at radius 1 is 1.25 bits per heavy atom. The van der Waals surface area contributed by atoms with Crippen LogP contribution in [0.1, 0.15) is 34.2 Å². The molecule has 0 saturated heterocycles. The van der Waals surface area contributed by atoms with Crippen LogP contribution in [0.25, 0.3) is 28.2 Å². The number of aliphatic hydroxyl groups is 1. The number of nitrogens with zero attached hydrogens (tertiary/aromatic N) is 7. The molecule has 2 N–H and O–H groups in total. The Hall–Kier alpha value is -4.45. The second-order valence-corrected chi connectivity index (χ2v) is 8.67. The molecule has 2 atom stereocenters. The van der Waals surface area contributed by atoms with Gasteiger partial charge >= 0.3 is 0 Å². The maximum absolute atomic E-state index is 13.3. The van der Waals surface area contributed by atoms with Gasteiger partial charge in [0.2, 0.25) is 11.7 Å². The number of rotatable bonds is 7. The molecule has 36 heavy (non-hydrogen) atoms. The molecule has 4 aromatic heterocycles. The minimum absolute atomic E-state index is 0.0577. The molecule has 1 aliphatic rings. The van der Waals surface area contributed by atoms with Crippen molar-refractivity contribution in [3.8, 4) is 22.6 Å². The molecule has 1 amide bonds. The van der Waals surface area contributed by atoms with Gasteiger partial charge in [-0.15, -0.1) is 5.10 Å². The van der Waals surface area contributed by atoms with E-state index in [1.807, 2.05) is 25.1 Å². The van der Waals surface area contributed by atoms with E-state index in [-0.39, 0.29) is 18.4 Å². The molecule has 4 heterocycles. The lowest BCUT2D eigenvalue weighted by molar-refractivity contribution is 0.102. The van der Waals surface area contributed by atoms with E-state index in [4.69, 9.17) is 4.52 Å². The summed E-state index contributed by atoms with van der Waals surface area (Å²) < 4.78 is 21.7. The molecule has 1 fully saturated rings. The second-order valence-electron chi connectivity index (χ2n) is 8.67. The van der Waals surface area contributed by atoms with Gasteiger partial charge in [-0.2, -0.15) is 10.1 Å². The van der Waals surface area contributed by atoms with Crippen LogP contribution >= 0.6 is 0 Å². The number of amides is 1. The summed E-state index contributed by atoms with van der Waals surface area (Å²) in [5.74, 6) is -0.00170. The molecule has 5 aromatic rings. The highest BCUT2D eigenvalue weighted by Crippen LogP contribution is 2.43. The Balaban J connectivity index is 1.25. The number of fused-ring (bicyclic) bond motifs is 1. The third-order valence-corrected chi connectivity index (χ3v) is 6.20. The minimum Gasteiger partial charge on any atom is -0.394 e. The number of carbonyl (C=O) groups is 1. The highest BCUT2D eigenvalue weighted by atomic mass is 19.1. The molecule has 1 aromatic carbocycles. The van der Waals surface area contributed by atoms with Crippen LogP contribution in [0.5, 0.6) is 0 Å². The van der Waals surface area contributed by atoms with Crippen molar-refractivity contribution in [2.24, 2.45) is 0 Å². The number of halogens is 1. The van der Waals surface area contributed by atoms with Crippen LogP contribution in [0.4, 0.5) is 10.1 Å². The van der Waals surface area contributed by atoms with E-state index in [0.29, 0.717) is 47.0 Å². The molecule has 1 aliphatic carbocycles. The lowest BCUT2D eigenvalue weighted by Crippen LogP contribution is -2.12. The van der Waals surface area contributed by atoms with Gasteiger partial charge in [0.25, 0.3) is 5.91 Å². The molecule has 12 heteroatoms. The first-order chi connectivity index (χ1) is 17.5. The average molecular weight is 488 g/mol. The summed E-state index contributed by atoms with van der Waals surface area (Å²) in [4.78, 5) is 17.5. The smallest absolute Gasteiger partial charge is 0.259 e. The zero-order valence-electron chi connectivity index (χ0n) is 19.2. The van der Waals surface area contributed by atoms with E-state index >= 15 is 0 Å². The lowest BCUT2D eigenvalue weighted by Gasteiger charge is -2.09. The molecular weight excluding hydrogens is 467 g/mol. The van der Waals surface area contributed by atoms with E-state index < -0.39 is 6.17 Å². The van der Waals surface area contributed by atoms with Crippen molar-refractivity contribution in [2.75, 3.05) is 11.9 Å². The fourth-order valence-corrected chi connectivity index (χ4v) is 4.06. The van der Waals surface area contributed by atoms with Crippen LogP contribution in [0.3, 0.4) is 0 Å². The molecule has 0 radical (unpaired) electrons. The second kappa shape index (κ2) is 8.64. The minimum atomic E-state index is -0.924. The topological polar surface area (TPSA) is 136 Å². The predicted molar refractivity (Wildman–Crippen MR) is 126 cm³/mol. The van der Waals surface area contributed by atoms with Gasteiger partial charge in [0.05, 0.1) is 48.2 Å². The summed E-state index contributed by atoms with van der Waals surface area (Å²) in [6.45, 7) is 2.14. The van der Waals surface area contributed by atoms with Crippen molar-refractivity contribution in [3.63, 3.8) is 0 Å². The lowest BCUT2D eigenvalue weighted by atomic mass is 10.1. The van der Waals surface area contributed by atoms with Crippen LogP contribution in [0, 0.1) is 6.92 Å². The first-order valence-corrected chi connectivity index (χ1v) is 11.4. The van der Waals surface area contributed by atoms with Crippen molar-refractivity contribution in [2.45, 2.75) is 32.0 Å². The van der Waals surface area contributed by atoms with Gasteiger partial charge in [0.1, 0.15) is 6.17 Å². The van der Waals surface area contributed by atoms with E-state index in [9.17, 15) is 14.3 Å². The Morgan fingerprint density at radius 3 is 2.89 bits per heavy atom. The summed E-state index contributed by atoms with van der Waals surface area (Å²) in [7, 11) is 0. The summed E-state index contributed by atoms with van der Waals surface area (Å²) >= 11 is 0. The maximum atomic E-state index is 13.3. The molecule has 182 valence electrons. The van der Waals surface area contributed by atoms with Crippen LogP contribution in [0.15, 0.2) is 53.4 Å². The van der Waals surface area contributed by atoms with Crippen LogP contribution in [0.2, 0.25) is 0 Å². The molecule has 6 rings (SSSR count). The van der Waals surface area contributed by atoms with Crippen LogP contribution in [-0.4, -0.2) is 58.5 Å². The average Bonchev–Trinajstić information content (AvgIpc) is 3.29. The molecule has 0 unspecified atom stereocenters. The molecule has 1 saturated carbocycles. The van der Waals surface area contributed by atoms with Gasteiger partial charge in [-0.05, 0) is 37.1 Å². The van der Waals surface area contributed by atoms with E-state index in [0.717, 1.165) is 16.8 Å². The quantitative estimate of drug-likeness (QED) is 0.357. The van der Waals surface area contributed by atoms with E-state index in [1.165, 1.54) is 6.20 Å². The largest absolute Gasteiger partial charge is 0.394 e. The van der Waals surface area contributed by atoms with E-state index in [2.05, 4.69) is 30.9 Å². The van der Waals surface area contributed by atoms with Crippen LogP contribution < -0.4 is 5.32 Å². The third kappa shape index (κ3) is 3.90. The summed E-state index contributed by atoms with van der Waals surface area (Å²) in [6, 6.07) is 9.09. The fourth-order valence-electron chi connectivity index (χ4n) is 4.06. The number of anilines is 1. The normalized spacial score (nSPS) is 17.0. The number of aryl methyl sites for hydroxylation is 1. The van der Waals surface area contributed by atoms with Crippen LogP contribution in [-0.2, 0) is 6.54 Å². The molecule has 0 bridgehead atoms. The number of nitrogens with one attached hydrogen (secondary N) is 1. The maximum Gasteiger partial charge on any atom is 0.259 e. The molecular formula is C24H21FN8O3. The Bertz CT molecular complexity index is 1590. The number of pyridine rings is 1. The zero-order valence-corrected chi connectivity index (χ0v) is 19.2. The highest BCUT2D eigenvalue weighted by Gasteiger charge is 2.43. The Labute approximate surface area is 203 Å². The number of hydrogen-bond donors (Lipinski definition) is 2. The molecule has 11 nitrogen and oxygen atoms in total. The standard InChI is InChI=1S/C24H21FN8O3/c1-13-2-3-14(22-29-24(36-30-22)16-9-18(16)25)8-19(13)28-23(35)17-10-27-33-12-15(4-5-20(17)33)21-11-26-31-32(21)6-7-34/h2-5,8,10-12,16,18,34H,6-7,9H2,1H3,(H,28,35)/t16-,18-/m0/s1. The van der Waals surface area contributed by atoms with Crippen molar-refractivity contribution in [1.29, 1.82) is 0 Å². The highest BCUT2D eigenvalue weighted by molar-refractivity contribution is 6.09. The summed E-state index contributed by atoms with van der Waals surface area (Å²) in [5, 5.41) is 28.4. The number of alkyl halides is 1. The van der Waals surface area contributed by atoms with Crippen molar-refractivity contribution >= 4 is 17.1 Å². The number of hydrogen-bond acceptors (Lipinski definition) is 8. The van der Waals surface area contributed by atoms with Gasteiger partial charge in [0, 0.05) is 23.0 Å². The summed E-state index contributed by atoms with van der Waals surface area (Å²) in [5.41, 5.74) is 4.65. The third-order valence-electron chi connectivity index (χ3n) is 6.20. The van der Waals surface area contributed by atoms with Gasteiger partial charge in [0.15, 0.2) is 0 Å². The number of aromatic nitrogens is 7. The Kier molecular flexibility index (Phi) is 5.29. The van der Waals surface area contributed by atoms with Gasteiger partial charge < -0.3 is 14.9 Å². The van der Waals surface area contributed by atoms with Gasteiger partial charge in [-0.25, -0.2) is 13.6 Å². The van der Waals surface area contributed by atoms with Crippen molar-refractivity contribution in [3.05, 3.63) is 65.9 Å². The van der Waals surface area contributed by atoms with E-state index in [1.54, 1.807) is 33.7 Å². The monoisotopic (exact) mass is 488 g/mol. The predicted octanol–water partition coefficient (Wildman–Crippen LogP) is 3.02.